The summed E-state index contributed by atoms with van der Waals surface area (Å²) in [7, 11) is 0. The van der Waals surface area contributed by atoms with Crippen LogP contribution in [0.4, 0.5) is 5.69 Å². The number of aryl methyl sites for hydroxylation is 2. The van der Waals surface area contributed by atoms with E-state index < -0.39 is 0 Å². The SMILES string of the molecule is CCc1cccc(C)c1NC(=O)CCC(=O)c1ccc(Cl)cc1. The Hall–Kier alpha value is -2.13. The number of anilines is 1. The summed E-state index contributed by atoms with van der Waals surface area (Å²) in [5, 5.41) is 3.52. The zero-order valence-electron chi connectivity index (χ0n) is 13.4. The van der Waals surface area contributed by atoms with Crippen molar-refractivity contribution in [2.75, 3.05) is 5.32 Å². The minimum Gasteiger partial charge on any atom is -0.326 e. The van der Waals surface area contributed by atoms with E-state index in [0.717, 1.165) is 23.2 Å². The smallest absolute Gasteiger partial charge is 0.224 e. The quantitative estimate of drug-likeness (QED) is 0.773. The molecule has 0 heterocycles. The van der Waals surface area contributed by atoms with E-state index >= 15 is 0 Å². The standard InChI is InChI=1S/C19H20ClNO2/c1-3-14-6-4-5-13(2)19(14)21-18(23)12-11-17(22)15-7-9-16(20)10-8-15/h4-10H,3,11-12H2,1-2H3,(H,21,23). The topological polar surface area (TPSA) is 46.2 Å². The number of benzene rings is 2. The Morgan fingerprint density at radius 2 is 1.74 bits per heavy atom. The molecule has 0 aliphatic carbocycles. The normalized spacial score (nSPS) is 10.4. The Morgan fingerprint density at radius 3 is 2.39 bits per heavy atom. The molecule has 0 spiro atoms. The minimum absolute atomic E-state index is 0.0580. The van der Waals surface area contributed by atoms with E-state index in [1.54, 1.807) is 24.3 Å². The van der Waals surface area contributed by atoms with Gasteiger partial charge in [0.05, 0.1) is 0 Å². The molecular weight excluding hydrogens is 310 g/mol. The third kappa shape index (κ3) is 4.67. The second kappa shape index (κ2) is 7.93. The largest absolute Gasteiger partial charge is 0.326 e. The number of rotatable bonds is 6. The van der Waals surface area contributed by atoms with Gasteiger partial charge in [0.1, 0.15) is 0 Å². The average Bonchev–Trinajstić information content (AvgIpc) is 2.55. The van der Waals surface area contributed by atoms with Crippen LogP contribution < -0.4 is 5.32 Å². The number of ketones is 1. The summed E-state index contributed by atoms with van der Waals surface area (Å²) in [6, 6.07) is 12.7. The maximum absolute atomic E-state index is 12.1. The summed E-state index contributed by atoms with van der Waals surface area (Å²) in [5.74, 6) is -0.200. The highest BCUT2D eigenvalue weighted by Crippen LogP contribution is 2.21. The van der Waals surface area contributed by atoms with Crippen molar-refractivity contribution < 1.29 is 9.59 Å². The number of hydrogen-bond donors (Lipinski definition) is 1. The fraction of sp³-hybridized carbons (Fsp3) is 0.263. The molecule has 23 heavy (non-hydrogen) atoms. The van der Waals surface area contributed by atoms with Crippen molar-refractivity contribution in [1.82, 2.24) is 0 Å². The zero-order valence-corrected chi connectivity index (χ0v) is 14.1. The van der Waals surface area contributed by atoms with Crippen LogP contribution in [0.5, 0.6) is 0 Å². The lowest BCUT2D eigenvalue weighted by atomic mass is 10.0. The van der Waals surface area contributed by atoms with Crippen molar-refractivity contribution in [3.63, 3.8) is 0 Å². The highest BCUT2D eigenvalue weighted by atomic mass is 35.5. The van der Waals surface area contributed by atoms with Crippen molar-refractivity contribution >= 4 is 29.0 Å². The molecule has 0 saturated carbocycles. The molecule has 0 bridgehead atoms. The maximum Gasteiger partial charge on any atom is 0.224 e. The van der Waals surface area contributed by atoms with E-state index in [-0.39, 0.29) is 24.5 Å². The fourth-order valence-corrected chi connectivity index (χ4v) is 2.54. The lowest BCUT2D eigenvalue weighted by molar-refractivity contribution is -0.116. The molecule has 2 aromatic carbocycles. The summed E-state index contributed by atoms with van der Waals surface area (Å²) in [5.41, 5.74) is 3.57. The van der Waals surface area contributed by atoms with Crippen LogP contribution in [0.3, 0.4) is 0 Å². The molecule has 120 valence electrons. The van der Waals surface area contributed by atoms with Crippen molar-refractivity contribution in [2.24, 2.45) is 0 Å². The number of Topliss-reactive ketones (excluding diaryl/α,β-unsaturated/α-hetero) is 1. The van der Waals surface area contributed by atoms with Crippen molar-refractivity contribution in [3.8, 4) is 0 Å². The Balaban J connectivity index is 1.95. The van der Waals surface area contributed by atoms with E-state index in [0.29, 0.717) is 10.6 Å². The number of carbonyl (C=O) groups excluding carboxylic acids is 2. The van der Waals surface area contributed by atoms with Crippen LogP contribution in [0.1, 0.15) is 41.3 Å². The first-order chi connectivity index (χ1) is 11.0. The Kier molecular flexibility index (Phi) is 5.94. The Morgan fingerprint density at radius 1 is 1.04 bits per heavy atom. The lowest BCUT2D eigenvalue weighted by Gasteiger charge is -2.12. The summed E-state index contributed by atoms with van der Waals surface area (Å²) < 4.78 is 0. The average molecular weight is 330 g/mol. The number of hydrogen-bond acceptors (Lipinski definition) is 2. The van der Waals surface area contributed by atoms with Gasteiger partial charge in [-0.05, 0) is 48.7 Å². The molecule has 0 unspecified atom stereocenters. The molecule has 0 saturated heterocycles. The summed E-state index contributed by atoms with van der Waals surface area (Å²) in [6.45, 7) is 4.02. The molecule has 0 aliphatic heterocycles. The number of carbonyl (C=O) groups is 2. The minimum atomic E-state index is -0.142. The molecule has 1 amide bonds. The van der Waals surface area contributed by atoms with Gasteiger partial charge in [0.15, 0.2) is 5.78 Å². The van der Waals surface area contributed by atoms with Crippen LogP contribution in [0, 0.1) is 6.92 Å². The highest BCUT2D eigenvalue weighted by Gasteiger charge is 2.12. The predicted molar refractivity (Wildman–Crippen MR) is 94.2 cm³/mol. The molecule has 2 aromatic rings. The molecule has 1 N–H and O–H groups in total. The van der Waals surface area contributed by atoms with Crippen LogP contribution >= 0.6 is 11.6 Å². The first kappa shape index (κ1) is 17.2. The first-order valence-electron chi connectivity index (χ1n) is 7.68. The van der Waals surface area contributed by atoms with E-state index in [1.807, 2.05) is 25.1 Å². The third-order valence-corrected chi connectivity index (χ3v) is 4.00. The number of para-hydroxylation sites is 1. The van der Waals surface area contributed by atoms with Crippen LogP contribution in [0.15, 0.2) is 42.5 Å². The predicted octanol–water partition coefficient (Wildman–Crippen LogP) is 4.81. The van der Waals surface area contributed by atoms with Gasteiger partial charge in [-0.2, -0.15) is 0 Å². The maximum atomic E-state index is 12.1. The molecule has 4 heteroatoms. The molecule has 3 nitrogen and oxygen atoms in total. The number of amides is 1. The van der Waals surface area contributed by atoms with Crippen molar-refractivity contribution in [2.45, 2.75) is 33.1 Å². The molecule has 0 radical (unpaired) electrons. The van der Waals surface area contributed by atoms with Gasteiger partial charge in [0, 0.05) is 29.1 Å². The fourth-order valence-electron chi connectivity index (χ4n) is 2.41. The first-order valence-corrected chi connectivity index (χ1v) is 8.06. The molecule has 0 fully saturated rings. The lowest BCUT2D eigenvalue weighted by Crippen LogP contribution is -2.15. The van der Waals surface area contributed by atoms with Crippen LogP contribution in [-0.4, -0.2) is 11.7 Å². The Labute approximate surface area is 141 Å². The van der Waals surface area contributed by atoms with E-state index in [9.17, 15) is 9.59 Å². The molecule has 0 aliphatic rings. The number of halogens is 1. The number of nitrogens with one attached hydrogen (secondary N) is 1. The highest BCUT2D eigenvalue weighted by molar-refractivity contribution is 6.30. The van der Waals surface area contributed by atoms with Gasteiger partial charge in [0.25, 0.3) is 0 Å². The van der Waals surface area contributed by atoms with Gasteiger partial charge >= 0.3 is 0 Å². The second-order valence-electron chi connectivity index (χ2n) is 5.44. The van der Waals surface area contributed by atoms with Crippen LogP contribution in [0.2, 0.25) is 5.02 Å². The molecule has 0 aromatic heterocycles. The zero-order chi connectivity index (χ0) is 16.8. The van der Waals surface area contributed by atoms with Gasteiger partial charge in [-0.1, -0.05) is 36.7 Å². The molecular formula is C19H20ClNO2. The van der Waals surface area contributed by atoms with Gasteiger partial charge in [-0.15, -0.1) is 0 Å². The van der Waals surface area contributed by atoms with Gasteiger partial charge in [0.2, 0.25) is 5.91 Å². The van der Waals surface area contributed by atoms with Gasteiger partial charge in [-0.25, -0.2) is 0 Å². The summed E-state index contributed by atoms with van der Waals surface area (Å²) in [6.07, 6.45) is 1.20. The van der Waals surface area contributed by atoms with Gasteiger partial charge < -0.3 is 5.32 Å². The van der Waals surface area contributed by atoms with E-state index in [2.05, 4.69) is 12.2 Å². The van der Waals surface area contributed by atoms with Crippen LogP contribution in [0.25, 0.3) is 0 Å². The Bertz CT molecular complexity index is 708. The second-order valence-corrected chi connectivity index (χ2v) is 5.88. The summed E-state index contributed by atoms with van der Waals surface area (Å²) in [4.78, 5) is 24.2. The van der Waals surface area contributed by atoms with E-state index in [4.69, 9.17) is 11.6 Å². The molecule has 2 rings (SSSR count). The van der Waals surface area contributed by atoms with Crippen molar-refractivity contribution in [3.05, 3.63) is 64.2 Å². The van der Waals surface area contributed by atoms with Gasteiger partial charge in [-0.3, -0.25) is 9.59 Å². The summed E-state index contributed by atoms with van der Waals surface area (Å²) >= 11 is 5.80. The van der Waals surface area contributed by atoms with Crippen LogP contribution in [-0.2, 0) is 11.2 Å². The third-order valence-electron chi connectivity index (χ3n) is 3.75. The van der Waals surface area contributed by atoms with E-state index in [1.165, 1.54) is 0 Å². The van der Waals surface area contributed by atoms with Crippen molar-refractivity contribution in [1.29, 1.82) is 0 Å². The monoisotopic (exact) mass is 329 g/mol. The molecule has 0 atom stereocenters.